The Balaban J connectivity index is 1.65. The molecule has 0 unspecified atom stereocenters. The molecule has 2 N–H and O–H groups in total. The number of urea groups is 1. The van der Waals surface area contributed by atoms with Crippen molar-refractivity contribution in [3.8, 4) is 17.3 Å². The Bertz CT molecular complexity index is 1000. The van der Waals surface area contributed by atoms with Crippen LogP contribution >= 0.6 is 0 Å². The summed E-state index contributed by atoms with van der Waals surface area (Å²) in [7, 11) is 0. The van der Waals surface area contributed by atoms with Crippen molar-refractivity contribution < 1.29 is 9.32 Å². The van der Waals surface area contributed by atoms with Gasteiger partial charge in [0.05, 0.1) is 23.6 Å². The van der Waals surface area contributed by atoms with Crippen molar-refractivity contribution in [3.05, 3.63) is 41.6 Å². The molecule has 3 heterocycles. The van der Waals surface area contributed by atoms with Gasteiger partial charge in [0.1, 0.15) is 6.33 Å². The molecule has 1 aromatic carbocycles. The number of rotatable bonds is 2. The van der Waals surface area contributed by atoms with Crippen LogP contribution in [0.4, 0.5) is 10.5 Å². The van der Waals surface area contributed by atoms with E-state index in [1.165, 1.54) is 0 Å². The number of primary amides is 1. The Morgan fingerprint density at radius 3 is 2.92 bits per heavy atom. The lowest BCUT2D eigenvalue weighted by Gasteiger charge is -2.29. The van der Waals surface area contributed by atoms with Crippen LogP contribution in [0.15, 0.2) is 29.0 Å². The van der Waals surface area contributed by atoms with Gasteiger partial charge in [-0.3, -0.25) is 9.47 Å². The molecule has 1 saturated carbocycles. The molecule has 1 fully saturated rings. The average Bonchev–Trinajstić information content (AvgIpc) is 3.17. The number of benzene rings is 1. The van der Waals surface area contributed by atoms with Gasteiger partial charge in [-0.25, -0.2) is 9.78 Å². The van der Waals surface area contributed by atoms with Gasteiger partial charge in [0, 0.05) is 5.92 Å². The van der Waals surface area contributed by atoms with Crippen LogP contribution in [0.3, 0.4) is 0 Å². The molecule has 2 aromatic heterocycles. The van der Waals surface area contributed by atoms with Crippen LogP contribution in [0.2, 0.25) is 0 Å². The lowest BCUT2D eigenvalue weighted by Crippen LogP contribution is -2.38. The third kappa shape index (κ3) is 2.14. The predicted octanol–water partition coefficient (Wildman–Crippen LogP) is 2.51. The molecule has 126 valence electrons. The van der Waals surface area contributed by atoms with Crippen LogP contribution in [0.25, 0.3) is 17.3 Å². The summed E-state index contributed by atoms with van der Waals surface area (Å²) in [5, 5.41) is 4.05. The zero-order valence-electron chi connectivity index (χ0n) is 13.6. The second-order valence-corrected chi connectivity index (χ2v) is 6.56. The topological polar surface area (TPSA) is 103 Å². The molecule has 8 nitrogen and oxygen atoms in total. The third-order valence-electron chi connectivity index (χ3n) is 4.71. The molecule has 2 aliphatic rings. The van der Waals surface area contributed by atoms with Gasteiger partial charge in [-0.05, 0) is 37.5 Å². The maximum atomic E-state index is 12.0. The Kier molecular flexibility index (Phi) is 2.79. The molecular formula is C17H16N6O2. The number of anilines is 1. The monoisotopic (exact) mass is 336 g/mol. The van der Waals surface area contributed by atoms with Gasteiger partial charge in [-0.1, -0.05) is 11.2 Å². The van der Waals surface area contributed by atoms with E-state index < -0.39 is 6.03 Å². The minimum Gasteiger partial charge on any atom is -0.351 e. The largest absolute Gasteiger partial charge is 0.351 e. The van der Waals surface area contributed by atoms with E-state index in [0.717, 1.165) is 41.3 Å². The highest BCUT2D eigenvalue weighted by atomic mass is 16.5. The lowest BCUT2D eigenvalue weighted by atomic mass is 10.1. The molecule has 0 spiro atoms. The number of hydrogen-bond donors (Lipinski definition) is 1. The molecule has 8 heteroatoms. The first-order chi connectivity index (χ1) is 12.1. The SMILES string of the molecule is Cc1ccc2c(c1)N(C(N)=O)Cc1c(-c3nc(C4CC4)no3)ncn1-2. The second-order valence-electron chi connectivity index (χ2n) is 6.56. The number of aromatic nitrogens is 4. The normalized spacial score (nSPS) is 15.8. The molecule has 1 aliphatic carbocycles. The molecule has 0 saturated heterocycles. The quantitative estimate of drug-likeness (QED) is 0.774. The first kappa shape index (κ1) is 14.2. The molecule has 5 rings (SSSR count). The van der Waals surface area contributed by atoms with E-state index in [4.69, 9.17) is 10.3 Å². The summed E-state index contributed by atoms with van der Waals surface area (Å²) < 4.78 is 7.36. The third-order valence-corrected chi connectivity index (χ3v) is 4.71. The second kappa shape index (κ2) is 4.92. The standard InChI is InChI=1S/C17H16N6O2/c1-9-2-5-11-12(6-9)22(17(18)24)7-13-14(19-8-23(11)13)16-20-15(21-25-16)10-3-4-10/h2,5-6,8,10H,3-4,7H2,1H3,(H2,18,24). The van der Waals surface area contributed by atoms with E-state index >= 15 is 0 Å². The number of imidazole rings is 1. The van der Waals surface area contributed by atoms with Crippen molar-refractivity contribution in [2.24, 2.45) is 5.73 Å². The number of hydrogen-bond acceptors (Lipinski definition) is 5. The number of nitrogens with two attached hydrogens (primary N) is 1. The van der Waals surface area contributed by atoms with Gasteiger partial charge < -0.3 is 10.3 Å². The Labute approximate surface area is 143 Å². The Hall–Kier alpha value is -3.16. The van der Waals surface area contributed by atoms with Crippen LogP contribution in [0.1, 0.15) is 35.8 Å². The first-order valence-electron chi connectivity index (χ1n) is 8.20. The summed E-state index contributed by atoms with van der Waals surface area (Å²) >= 11 is 0. The zero-order valence-corrected chi connectivity index (χ0v) is 13.6. The summed E-state index contributed by atoms with van der Waals surface area (Å²) in [5.41, 5.74) is 9.69. The van der Waals surface area contributed by atoms with E-state index in [0.29, 0.717) is 24.0 Å². The van der Waals surface area contributed by atoms with Crippen LogP contribution in [0, 0.1) is 6.92 Å². The number of amides is 2. The summed E-state index contributed by atoms with van der Waals surface area (Å²) in [5.74, 6) is 1.52. The van der Waals surface area contributed by atoms with Gasteiger partial charge in [0.15, 0.2) is 11.5 Å². The van der Waals surface area contributed by atoms with Crippen molar-refractivity contribution in [1.82, 2.24) is 19.7 Å². The fraction of sp³-hybridized carbons (Fsp3) is 0.294. The fourth-order valence-electron chi connectivity index (χ4n) is 3.23. The Morgan fingerprint density at radius 2 is 2.16 bits per heavy atom. The molecule has 3 aromatic rings. The van der Waals surface area contributed by atoms with E-state index in [2.05, 4.69) is 15.1 Å². The Morgan fingerprint density at radius 1 is 1.32 bits per heavy atom. The molecule has 25 heavy (non-hydrogen) atoms. The molecule has 0 bridgehead atoms. The van der Waals surface area contributed by atoms with Crippen molar-refractivity contribution in [2.75, 3.05) is 4.90 Å². The molecule has 0 radical (unpaired) electrons. The highest BCUT2D eigenvalue weighted by Crippen LogP contribution is 2.40. The van der Waals surface area contributed by atoms with Crippen molar-refractivity contribution >= 4 is 11.7 Å². The van der Waals surface area contributed by atoms with Gasteiger partial charge in [0.2, 0.25) is 0 Å². The highest BCUT2D eigenvalue weighted by Gasteiger charge is 2.32. The van der Waals surface area contributed by atoms with Crippen molar-refractivity contribution in [2.45, 2.75) is 32.2 Å². The smallest absolute Gasteiger partial charge is 0.319 e. The van der Waals surface area contributed by atoms with E-state index in [1.54, 1.807) is 11.2 Å². The van der Waals surface area contributed by atoms with E-state index in [9.17, 15) is 4.79 Å². The first-order valence-corrected chi connectivity index (χ1v) is 8.20. The van der Waals surface area contributed by atoms with Gasteiger partial charge in [-0.2, -0.15) is 4.98 Å². The van der Waals surface area contributed by atoms with Crippen LogP contribution < -0.4 is 10.6 Å². The minimum atomic E-state index is -0.505. The fourth-order valence-corrected chi connectivity index (χ4v) is 3.23. The van der Waals surface area contributed by atoms with Crippen LogP contribution in [0.5, 0.6) is 0 Å². The zero-order chi connectivity index (χ0) is 17.1. The van der Waals surface area contributed by atoms with E-state index in [1.807, 2.05) is 29.7 Å². The summed E-state index contributed by atoms with van der Waals surface area (Å²) in [6.45, 7) is 2.29. The molecule has 1 aliphatic heterocycles. The van der Waals surface area contributed by atoms with Crippen LogP contribution in [-0.4, -0.2) is 25.7 Å². The van der Waals surface area contributed by atoms with Crippen molar-refractivity contribution in [3.63, 3.8) is 0 Å². The highest BCUT2D eigenvalue weighted by molar-refractivity contribution is 5.94. The van der Waals surface area contributed by atoms with Crippen LogP contribution in [-0.2, 0) is 6.54 Å². The lowest BCUT2D eigenvalue weighted by molar-refractivity contribution is 0.253. The number of fused-ring (bicyclic) bond motifs is 3. The maximum Gasteiger partial charge on any atom is 0.319 e. The van der Waals surface area contributed by atoms with Gasteiger partial charge in [0.25, 0.3) is 5.89 Å². The number of carbonyl (C=O) groups excluding carboxylic acids is 1. The number of nitrogens with zero attached hydrogens (tertiary/aromatic N) is 5. The summed E-state index contributed by atoms with van der Waals surface area (Å²) in [4.78, 5) is 22.5. The predicted molar refractivity (Wildman–Crippen MR) is 89.3 cm³/mol. The van der Waals surface area contributed by atoms with Gasteiger partial charge >= 0.3 is 6.03 Å². The molecule has 2 amide bonds. The number of aryl methyl sites for hydroxylation is 1. The maximum absolute atomic E-state index is 12.0. The average molecular weight is 336 g/mol. The number of carbonyl (C=O) groups is 1. The van der Waals surface area contributed by atoms with Crippen molar-refractivity contribution in [1.29, 1.82) is 0 Å². The van der Waals surface area contributed by atoms with Gasteiger partial charge in [-0.15, -0.1) is 0 Å². The van der Waals surface area contributed by atoms with E-state index in [-0.39, 0.29) is 0 Å². The minimum absolute atomic E-state index is 0.308. The summed E-state index contributed by atoms with van der Waals surface area (Å²) in [6, 6.07) is 5.39. The molecule has 0 atom stereocenters. The summed E-state index contributed by atoms with van der Waals surface area (Å²) in [6.07, 6.45) is 3.92. The molecular weight excluding hydrogens is 320 g/mol.